The predicted octanol–water partition coefficient (Wildman–Crippen LogP) is 3.12. The summed E-state index contributed by atoms with van der Waals surface area (Å²) in [5.41, 5.74) is 6.74. The Morgan fingerprint density at radius 3 is 2.26 bits per heavy atom. The van der Waals surface area contributed by atoms with E-state index in [1.807, 2.05) is 54.6 Å². The van der Waals surface area contributed by atoms with Crippen LogP contribution in [-0.2, 0) is 6.61 Å². The summed E-state index contributed by atoms with van der Waals surface area (Å²) in [7, 11) is 0. The minimum atomic E-state index is -0.490. The van der Waals surface area contributed by atoms with Gasteiger partial charge in [-0.3, -0.25) is 5.73 Å². The minimum absolute atomic E-state index is 0.490. The van der Waals surface area contributed by atoms with E-state index in [0.29, 0.717) is 12.4 Å². The van der Waals surface area contributed by atoms with Crippen LogP contribution in [0, 0.1) is 0 Å². The zero-order chi connectivity index (χ0) is 13.5. The molecule has 0 aliphatic carbocycles. The maximum atomic E-state index is 5.67. The number of ether oxygens (including phenoxy) is 2. The van der Waals surface area contributed by atoms with Crippen molar-refractivity contribution in [3.8, 4) is 11.5 Å². The van der Waals surface area contributed by atoms with Gasteiger partial charge in [0.15, 0.2) is 6.23 Å². The average molecular weight is 255 g/mol. The van der Waals surface area contributed by atoms with Crippen molar-refractivity contribution in [2.45, 2.75) is 12.8 Å². The summed E-state index contributed by atoms with van der Waals surface area (Å²) in [6.07, 6.45) is 1.05. The lowest BCUT2D eigenvalue weighted by Gasteiger charge is -2.11. The first-order chi connectivity index (χ1) is 9.28. The molecule has 0 saturated carbocycles. The molecule has 19 heavy (non-hydrogen) atoms. The van der Waals surface area contributed by atoms with E-state index >= 15 is 0 Å². The molecule has 0 saturated heterocycles. The molecule has 1 atom stereocenters. The van der Waals surface area contributed by atoms with Crippen molar-refractivity contribution in [1.29, 1.82) is 0 Å². The summed E-state index contributed by atoms with van der Waals surface area (Å²) >= 11 is 0. The van der Waals surface area contributed by atoms with E-state index in [1.54, 1.807) is 6.08 Å². The first-order valence-corrected chi connectivity index (χ1v) is 6.09. The lowest BCUT2D eigenvalue weighted by Crippen LogP contribution is -2.23. The molecule has 2 N–H and O–H groups in total. The molecule has 0 bridgehead atoms. The fraction of sp³-hybridized carbons (Fsp3) is 0.125. The van der Waals surface area contributed by atoms with Crippen LogP contribution in [0.25, 0.3) is 0 Å². The van der Waals surface area contributed by atoms with Crippen molar-refractivity contribution in [2.75, 3.05) is 0 Å². The standard InChI is InChI=1S/C16H17NO2/c1-2-16(17)19-15-10-8-14(9-11-15)18-12-13-6-4-3-5-7-13/h2-11,16H,1,12,17H2. The van der Waals surface area contributed by atoms with Crippen molar-refractivity contribution in [2.24, 2.45) is 5.73 Å². The van der Waals surface area contributed by atoms with Gasteiger partial charge in [0.2, 0.25) is 0 Å². The second-order valence-electron chi connectivity index (χ2n) is 4.06. The van der Waals surface area contributed by atoms with Crippen LogP contribution in [-0.4, -0.2) is 6.23 Å². The Labute approximate surface area is 113 Å². The van der Waals surface area contributed by atoms with Gasteiger partial charge in [-0.05, 0) is 35.9 Å². The average Bonchev–Trinajstić information content (AvgIpc) is 2.47. The SMILES string of the molecule is C=CC(N)Oc1ccc(OCc2ccccc2)cc1. The third-order valence-electron chi connectivity index (χ3n) is 2.58. The van der Waals surface area contributed by atoms with E-state index in [0.717, 1.165) is 11.3 Å². The molecular weight excluding hydrogens is 238 g/mol. The molecule has 2 rings (SSSR count). The van der Waals surface area contributed by atoms with Gasteiger partial charge < -0.3 is 9.47 Å². The largest absolute Gasteiger partial charge is 0.489 e. The Bertz CT molecular complexity index is 508. The molecule has 0 radical (unpaired) electrons. The van der Waals surface area contributed by atoms with E-state index in [9.17, 15) is 0 Å². The number of nitrogens with two attached hydrogens (primary N) is 1. The molecule has 0 heterocycles. The van der Waals surface area contributed by atoms with E-state index < -0.39 is 6.23 Å². The highest BCUT2D eigenvalue weighted by molar-refractivity contribution is 5.31. The summed E-state index contributed by atoms with van der Waals surface area (Å²) in [4.78, 5) is 0. The fourth-order valence-electron chi connectivity index (χ4n) is 1.56. The highest BCUT2D eigenvalue weighted by atomic mass is 16.5. The normalized spacial score (nSPS) is 11.6. The van der Waals surface area contributed by atoms with E-state index in [2.05, 4.69) is 6.58 Å². The third kappa shape index (κ3) is 4.16. The van der Waals surface area contributed by atoms with Crippen molar-refractivity contribution in [3.05, 3.63) is 72.8 Å². The maximum absolute atomic E-state index is 5.67. The van der Waals surface area contributed by atoms with Crippen LogP contribution in [0.3, 0.4) is 0 Å². The quantitative estimate of drug-likeness (QED) is 0.637. The van der Waals surface area contributed by atoms with Crippen molar-refractivity contribution in [3.63, 3.8) is 0 Å². The van der Waals surface area contributed by atoms with E-state index in [4.69, 9.17) is 15.2 Å². The van der Waals surface area contributed by atoms with Crippen molar-refractivity contribution >= 4 is 0 Å². The fourth-order valence-corrected chi connectivity index (χ4v) is 1.56. The summed E-state index contributed by atoms with van der Waals surface area (Å²) in [6, 6.07) is 17.4. The predicted molar refractivity (Wildman–Crippen MR) is 76.0 cm³/mol. The lowest BCUT2D eigenvalue weighted by atomic mass is 10.2. The van der Waals surface area contributed by atoms with Gasteiger partial charge in [-0.25, -0.2) is 0 Å². The molecule has 0 aliphatic rings. The van der Waals surface area contributed by atoms with Crippen molar-refractivity contribution < 1.29 is 9.47 Å². The Morgan fingerprint density at radius 2 is 1.63 bits per heavy atom. The third-order valence-corrected chi connectivity index (χ3v) is 2.58. The molecular formula is C16H17NO2. The topological polar surface area (TPSA) is 44.5 Å². The van der Waals surface area contributed by atoms with Gasteiger partial charge in [-0.2, -0.15) is 0 Å². The summed E-state index contributed by atoms with van der Waals surface area (Å²) in [6.45, 7) is 4.11. The summed E-state index contributed by atoms with van der Waals surface area (Å²) in [5, 5.41) is 0. The Kier molecular flexibility index (Phi) is 4.59. The van der Waals surface area contributed by atoms with Gasteiger partial charge in [0.05, 0.1) is 0 Å². The second kappa shape index (κ2) is 6.61. The van der Waals surface area contributed by atoms with E-state index in [1.165, 1.54) is 0 Å². The molecule has 0 aliphatic heterocycles. The molecule has 0 amide bonds. The molecule has 98 valence electrons. The molecule has 2 aromatic rings. The van der Waals surface area contributed by atoms with Crippen LogP contribution < -0.4 is 15.2 Å². The molecule has 0 fully saturated rings. The summed E-state index contributed by atoms with van der Waals surface area (Å²) in [5.74, 6) is 1.49. The molecule has 3 nitrogen and oxygen atoms in total. The van der Waals surface area contributed by atoms with Crippen LogP contribution in [0.4, 0.5) is 0 Å². The number of hydrogen-bond donors (Lipinski definition) is 1. The maximum Gasteiger partial charge on any atom is 0.166 e. The number of benzene rings is 2. The van der Waals surface area contributed by atoms with Crippen LogP contribution in [0.5, 0.6) is 11.5 Å². The van der Waals surface area contributed by atoms with Gasteiger partial charge in [-0.15, -0.1) is 0 Å². The minimum Gasteiger partial charge on any atom is -0.489 e. The van der Waals surface area contributed by atoms with Gasteiger partial charge in [0.1, 0.15) is 18.1 Å². The zero-order valence-electron chi connectivity index (χ0n) is 10.7. The van der Waals surface area contributed by atoms with E-state index in [-0.39, 0.29) is 0 Å². The molecule has 1 unspecified atom stereocenters. The monoisotopic (exact) mass is 255 g/mol. The Hall–Kier alpha value is -2.26. The van der Waals surface area contributed by atoms with Gasteiger partial charge in [0.25, 0.3) is 0 Å². The molecule has 2 aromatic carbocycles. The van der Waals surface area contributed by atoms with Gasteiger partial charge in [-0.1, -0.05) is 36.9 Å². The van der Waals surface area contributed by atoms with Crippen LogP contribution >= 0.6 is 0 Å². The smallest absolute Gasteiger partial charge is 0.166 e. The highest BCUT2D eigenvalue weighted by Gasteiger charge is 2.00. The number of rotatable bonds is 6. The summed E-state index contributed by atoms with van der Waals surface area (Å²) < 4.78 is 11.1. The van der Waals surface area contributed by atoms with Crippen LogP contribution in [0.15, 0.2) is 67.3 Å². The Balaban J connectivity index is 1.90. The first-order valence-electron chi connectivity index (χ1n) is 6.09. The molecule has 0 spiro atoms. The van der Waals surface area contributed by atoms with Crippen molar-refractivity contribution in [1.82, 2.24) is 0 Å². The first kappa shape index (κ1) is 13.2. The zero-order valence-corrected chi connectivity index (χ0v) is 10.7. The Morgan fingerprint density at radius 1 is 1.00 bits per heavy atom. The van der Waals surface area contributed by atoms with Crippen LogP contribution in [0.2, 0.25) is 0 Å². The van der Waals surface area contributed by atoms with Gasteiger partial charge >= 0.3 is 0 Å². The lowest BCUT2D eigenvalue weighted by molar-refractivity contribution is 0.257. The second-order valence-corrected chi connectivity index (χ2v) is 4.06. The molecule has 0 aromatic heterocycles. The number of hydrogen-bond acceptors (Lipinski definition) is 3. The van der Waals surface area contributed by atoms with Crippen LogP contribution in [0.1, 0.15) is 5.56 Å². The van der Waals surface area contributed by atoms with Gasteiger partial charge in [0, 0.05) is 0 Å². The highest BCUT2D eigenvalue weighted by Crippen LogP contribution is 2.19. The molecule has 3 heteroatoms.